The van der Waals surface area contributed by atoms with Crippen molar-refractivity contribution in [3.63, 3.8) is 0 Å². The molecule has 0 bridgehead atoms. The Labute approximate surface area is 168 Å². The maximum atomic E-state index is 12.8. The molecule has 2 aliphatic heterocycles. The minimum Gasteiger partial charge on any atom is -0.454 e. The van der Waals surface area contributed by atoms with Crippen LogP contribution in [0.2, 0.25) is 0 Å². The molecule has 0 saturated carbocycles. The Bertz CT molecular complexity index is 1220. The number of rotatable bonds is 4. The standard InChI is InChI=1S/C18H18N2O7S2/c1-11-7-14(20-18(21)12(2)9-28(20,22)23)4-6-17(11)29(24,25)19-13-3-5-15-16(8-13)27-10-26-15/h3-8,12,19H,9-10H2,1-2H3. The molecule has 4 rings (SSSR count). The molecule has 2 aliphatic rings. The van der Waals surface area contributed by atoms with Gasteiger partial charge in [0.05, 0.1) is 27.9 Å². The van der Waals surface area contributed by atoms with Gasteiger partial charge in [0.15, 0.2) is 11.5 Å². The van der Waals surface area contributed by atoms with E-state index < -0.39 is 31.9 Å². The number of benzene rings is 2. The van der Waals surface area contributed by atoms with Crippen LogP contribution in [-0.4, -0.2) is 35.3 Å². The number of nitrogens with one attached hydrogen (secondary N) is 1. The zero-order valence-electron chi connectivity index (χ0n) is 15.6. The van der Waals surface area contributed by atoms with E-state index >= 15 is 0 Å². The summed E-state index contributed by atoms with van der Waals surface area (Å²) in [7, 11) is -7.72. The van der Waals surface area contributed by atoms with Crippen molar-refractivity contribution in [2.24, 2.45) is 5.92 Å². The Balaban J connectivity index is 1.64. The molecule has 0 radical (unpaired) electrons. The quantitative estimate of drug-likeness (QED) is 0.773. The first-order valence-electron chi connectivity index (χ1n) is 8.68. The molecule has 1 fully saturated rings. The van der Waals surface area contributed by atoms with Gasteiger partial charge in [-0.05, 0) is 42.8 Å². The van der Waals surface area contributed by atoms with Crippen LogP contribution in [0.1, 0.15) is 12.5 Å². The molecule has 2 aromatic rings. The van der Waals surface area contributed by atoms with Gasteiger partial charge in [-0.3, -0.25) is 9.52 Å². The van der Waals surface area contributed by atoms with E-state index in [0.29, 0.717) is 22.7 Å². The van der Waals surface area contributed by atoms with Crippen molar-refractivity contribution in [2.75, 3.05) is 21.6 Å². The molecule has 2 aromatic carbocycles. The van der Waals surface area contributed by atoms with E-state index in [9.17, 15) is 21.6 Å². The normalized spacial score (nSPS) is 20.1. The number of fused-ring (bicyclic) bond motifs is 1. The third-order valence-corrected chi connectivity index (χ3v) is 8.08. The first-order valence-corrected chi connectivity index (χ1v) is 11.8. The van der Waals surface area contributed by atoms with Crippen molar-refractivity contribution in [1.82, 2.24) is 0 Å². The van der Waals surface area contributed by atoms with Crippen molar-refractivity contribution in [2.45, 2.75) is 18.7 Å². The zero-order valence-corrected chi connectivity index (χ0v) is 17.2. The van der Waals surface area contributed by atoms with Crippen LogP contribution < -0.4 is 18.5 Å². The van der Waals surface area contributed by atoms with Crippen LogP contribution in [0.25, 0.3) is 0 Å². The Hall–Kier alpha value is -2.79. The van der Waals surface area contributed by atoms with Crippen LogP contribution >= 0.6 is 0 Å². The van der Waals surface area contributed by atoms with Gasteiger partial charge in [0.1, 0.15) is 0 Å². The van der Waals surface area contributed by atoms with E-state index in [4.69, 9.17) is 9.47 Å². The molecule has 29 heavy (non-hydrogen) atoms. The van der Waals surface area contributed by atoms with Crippen molar-refractivity contribution in [1.29, 1.82) is 0 Å². The maximum Gasteiger partial charge on any atom is 0.262 e. The lowest BCUT2D eigenvalue weighted by atomic mass is 10.2. The van der Waals surface area contributed by atoms with Crippen LogP contribution in [0.15, 0.2) is 41.3 Å². The predicted molar refractivity (Wildman–Crippen MR) is 105 cm³/mol. The summed E-state index contributed by atoms with van der Waals surface area (Å²) in [4.78, 5) is 12.2. The molecule has 1 saturated heterocycles. The molecule has 0 aromatic heterocycles. The molecule has 1 N–H and O–H groups in total. The molecule has 1 unspecified atom stereocenters. The van der Waals surface area contributed by atoms with Crippen LogP contribution in [-0.2, 0) is 24.8 Å². The predicted octanol–water partition coefficient (Wildman–Crippen LogP) is 1.84. The molecule has 154 valence electrons. The maximum absolute atomic E-state index is 12.8. The highest BCUT2D eigenvalue weighted by molar-refractivity contribution is 7.94. The summed E-state index contributed by atoms with van der Waals surface area (Å²) in [6.07, 6.45) is 0. The van der Waals surface area contributed by atoms with Gasteiger partial charge in [0.25, 0.3) is 10.0 Å². The van der Waals surface area contributed by atoms with Gasteiger partial charge in [-0.1, -0.05) is 6.92 Å². The number of carbonyl (C=O) groups is 1. The number of nitrogens with zero attached hydrogens (tertiary/aromatic N) is 1. The summed E-state index contributed by atoms with van der Waals surface area (Å²) in [5.41, 5.74) is 0.723. The van der Waals surface area contributed by atoms with Crippen molar-refractivity contribution >= 4 is 37.3 Å². The van der Waals surface area contributed by atoms with Gasteiger partial charge in [0, 0.05) is 6.07 Å². The van der Waals surface area contributed by atoms with Crippen LogP contribution in [0.3, 0.4) is 0 Å². The lowest BCUT2D eigenvalue weighted by Crippen LogP contribution is -2.30. The van der Waals surface area contributed by atoms with Crippen LogP contribution in [0.5, 0.6) is 11.5 Å². The Morgan fingerprint density at radius 3 is 2.48 bits per heavy atom. The smallest absolute Gasteiger partial charge is 0.262 e. The number of sulfonamides is 2. The number of amides is 1. The molecule has 9 nitrogen and oxygen atoms in total. The summed E-state index contributed by atoms with van der Waals surface area (Å²) >= 11 is 0. The molecule has 0 aliphatic carbocycles. The van der Waals surface area contributed by atoms with E-state index in [0.717, 1.165) is 4.31 Å². The minimum absolute atomic E-state index is 0.0315. The summed E-state index contributed by atoms with van der Waals surface area (Å²) < 4.78 is 63.8. The number of aryl methyl sites for hydroxylation is 1. The molecule has 0 spiro atoms. The molecule has 11 heteroatoms. The number of ether oxygens (including phenoxy) is 2. The van der Waals surface area contributed by atoms with Crippen molar-refractivity contribution < 1.29 is 31.1 Å². The van der Waals surface area contributed by atoms with Gasteiger partial charge in [-0.2, -0.15) is 0 Å². The summed E-state index contributed by atoms with van der Waals surface area (Å²) in [5.74, 6) is -0.477. The number of carbonyl (C=O) groups excluding carboxylic acids is 1. The first kappa shape index (κ1) is 19.5. The van der Waals surface area contributed by atoms with Crippen molar-refractivity contribution in [3.8, 4) is 11.5 Å². The molecule has 1 atom stereocenters. The SMILES string of the molecule is Cc1cc(N2C(=O)C(C)CS2(=O)=O)ccc1S(=O)(=O)Nc1ccc2c(c1)OCO2. The molecular weight excluding hydrogens is 420 g/mol. The van der Waals surface area contributed by atoms with E-state index in [2.05, 4.69) is 4.72 Å². The van der Waals surface area contributed by atoms with Crippen LogP contribution in [0.4, 0.5) is 11.4 Å². The fraction of sp³-hybridized carbons (Fsp3) is 0.278. The summed E-state index contributed by atoms with van der Waals surface area (Å²) in [5, 5.41) is 0. The number of hydrogen-bond acceptors (Lipinski definition) is 7. The Morgan fingerprint density at radius 1 is 1.10 bits per heavy atom. The topological polar surface area (TPSA) is 119 Å². The lowest BCUT2D eigenvalue weighted by Gasteiger charge is -2.17. The monoisotopic (exact) mass is 438 g/mol. The fourth-order valence-electron chi connectivity index (χ4n) is 3.32. The second-order valence-electron chi connectivity index (χ2n) is 6.91. The highest BCUT2D eigenvalue weighted by Gasteiger charge is 2.42. The van der Waals surface area contributed by atoms with E-state index in [1.54, 1.807) is 19.1 Å². The largest absolute Gasteiger partial charge is 0.454 e. The zero-order chi connectivity index (χ0) is 21.0. The van der Waals surface area contributed by atoms with Crippen LogP contribution in [0, 0.1) is 12.8 Å². The lowest BCUT2D eigenvalue weighted by molar-refractivity contribution is -0.119. The number of anilines is 2. The van der Waals surface area contributed by atoms with E-state index in [1.165, 1.54) is 31.2 Å². The molecule has 2 heterocycles. The van der Waals surface area contributed by atoms with Crippen molar-refractivity contribution in [3.05, 3.63) is 42.0 Å². The highest BCUT2D eigenvalue weighted by Crippen LogP contribution is 2.35. The average molecular weight is 438 g/mol. The average Bonchev–Trinajstić information content (AvgIpc) is 3.15. The second-order valence-corrected chi connectivity index (χ2v) is 10.4. The third kappa shape index (κ3) is 3.40. The highest BCUT2D eigenvalue weighted by atomic mass is 32.2. The van der Waals surface area contributed by atoms with Gasteiger partial charge >= 0.3 is 0 Å². The van der Waals surface area contributed by atoms with Gasteiger partial charge < -0.3 is 9.47 Å². The fourth-order valence-corrected chi connectivity index (χ4v) is 6.41. The Kier molecular flexibility index (Phi) is 4.46. The second kappa shape index (κ2) is 6.63. The van der Waals surface area contributed by atoms with Gasteiger partial charge in [-0.25, -0.2) is 21.1 Å². The summed E-state index contributed by atoms with van der Waals surface area (Å²) in [6.45, 7) is 3.15. The van der Waals surface area contributed by atoms with Gasteiger partial charge in [-0.15, -0.1) is 0 Å². The molecular formula is C18H18N2O7S2. The third-order valence-electron chi connectivity index (χ3n) is 4.67. The summed E-state index contributed by atoms with van der Waals surface area (Å²) in [6, 6.07) is 8.63. The van der Waals surface area contributed by atoms with Gasteiger partial charge in [0.2, 0.25) is 22.7 Å². The first-order chi connectivity index (χ1) is 13.6. The molecule has 1 amide bonds. The van der Waals surface area contributed by atoms with E-state index in [1.807, 2.05) is 0 Å². The minimum atomic E-state index is -3.95. The van der Waals surface area contributed by atoms with E-state index in [-0.39, 0.29) is 23.1 Å². The Morgan fingerprint density at radius 2 is 1.83 bits per heavy atom. The number of hydrogen-bond donors (Lipinski definition) is 1.